The summed E-state index contributed by atoms with van der Waals surface area (Å²) >= 11 is 0. The molecule has 1 aliphatic rings. The molecule has 4 heteroatoms. The molecule has 0 fully saturated rings. The molecule has 114 valence electrons. The number of aryl methyl sites for hydroxylation is 2. The smallest absolute Gasteiger partial charge is 0.138 e. The molecular weight excluding hydrogens is 272 g/mol. The third-order valence-corrected chi connectivity index (χ3v) is 4.17. The molecule has 3 rings (SSSR count). The van der Waals surface area contributed by atoms with Crippen molar-refractivity contribution in [1.29, 1.82) is 0 Å². The van der Waals surface area contributed by atoms with Crippen LogP contribution in [0.15, 0.2) is 37.0 Å². The largest absolute Gasteiger partial charge is 0.330 e. The minimum atomic E-state index is 0.347. The van der Waals surface area contributed by atoms with Gasteiger partial charge in [0.15, 0.2) is 0 Å². The van der Waals surface area contributed by atoms with E-state index in [1.807, 2.05) is 19.2 Å². The fourth-order valence-electron chi connectivity index (χ4n) is 3.00. The Hall–Kier alpha value is -2.20. The van der Waals surface area contributed by atoms with Crippen molar-refractivity contribution in [3.8, 4) is 0 Å². The molecule has 1 aliphatic heterocycles. The van der Waals surface area contributed by atoms with Gasteiger partial charge in [-0.1, -0.05) is 18.7 Å². The van der Waals surface area contributed by atoms with Crippen LogP contribution < -0.4 is 10.6 Å². The maximum absolute atomic E-state index is 5.82. The van der Waals surface area contributed by atoms with Gasteiger partial charge in [0.2, 0.25) is 0 Å². The summed E-state index contributed by atoms with van der Waals surface area (Å²) in [4.78, 5) is 11.6. The van der Waals surface area contributed by atoms with Gasteiger partial charge in [-0.2, -0.15) is 0 Å². The molecule has 0 aromatic carbocycles. The highest BCUT2D eigenvalue weighted by atomic mass is 15.3. The molecular formula is C18H22N4. The van der Waals surface area contributed by atoms with Gasteiger partial charge >= 0.3 is 0 Å². The predicted molar refractivity (Wildman–Crippen MR) is 91.2 cm³/mol. The lowest BCUT2D eigenvalue weighted by molar-refractivity contribution is 0.534. The van der Waals surface area contributed by atoms with Crippen LogP contribution in [0.2, 0.25) is 0 Å². The van der Waals surface area contributed by atoms with Gasteiger partial charge in [0.05, 0.1) is 5.69 Å². The van der Waals surface area contributed by atoms with Gasteiger partial charge in [0, 0.05) is 12.2 Å². The molecule has 4 nitrogen and oxygen atoms in total. The van der Waals surface area contributed by atoms with E-state index in [1.54, 1.807) is 6.08 Å². The molecule has 22 heavy (non-hydrogen) atoms. The van der Waals surface area contributed by atoms with Crippen LogP contribution in [0, 0.1) is 6.92 Å². The molecule has 0 amide bonds. The van der Waals surface area contributed by atoms with Crippen LogP contribution in [-0.4, -0.2) is 22.6 Å². The summed E-state index contributed by atoms with van der Waals surface area (Å²) in [6.07, 6.45) is 6.74. The SMILES string of the molecule is C=Cc1ccc2c(n1)N(c1ccc(C)cn1)C(CCN)CC2. The monoisotopic (exact) mass is 294 g/mol. The summed E-state index contributed by atoms with van der Waals surface area (Å²) in [7, 11) is 0. The zero-order chi connectivity index (χ0) is 15.5. The zero-order valence-electron chi connectivity index (χ0n) is 13.0. The molecule has 1 unspecified atom stereocenters. The standard InChI is InChI=1S/C18H22N4/c1-3-15-7-5-14-6-8-16(10-11-19)22(18(14)21-15)17-9-4-13(2)12-20-17/h3-5,7,9,12,16H,1,6,8,10-11,19H2,2H3. The first-order chi connectivity index (χ1) is 10.7. The third kappa shape index (κ3) is 2.74. The lowest BCUT2D eigenvalue weighted by Gasteiger charge is -2.37. The minimum absolute atomic E-state index is 0.347. The Labute approximate surface area is 131 Å². The van der Waals surface area contributed by atoms with Crippen LogP contribution >= 0.6 is 0 Å². The fourth-order valence-corrected chi connectivity index (χ4v) is 3.00. The number of nitrogens with two attached hydrogens (primary N) is 1. The van der Waals surface area contributed by atoms with Crippen molar-refractivity contribution in [2.24, 2.45) is 5.73 Å². The minimum Gasteiger partial charge on any atom is -0.330 e. The van der Waals surface area contributed by atoms with E-state index in [0.29, 0.717) is 12.6 Å². The molecule has 2 aromatic heterocycles. The quantitative estimate of drug-likeness (QED) is 0.940. The second kappa shape index (κ2) is 6.28. The van der Waals surface area contributed by atoms with E-state index in [9.17, 15) is 0 Å². The number of rotatable bonds is 4. The van der Waals surface area contributed by atoms with Crippen LogP contribution in [0.25, 0.3) is 6.08 Å². The van der Waals surface area contributed by atoms with E-state index in [1.165, 1.54) is 5.56 Å². The van der Waals surface area contributed by atoms with Crippen LogP contribution in [0.5, 0.6) is 0 Å². The maximum atomic E-state index is 5.82. The lowest BCUT2D eigenvalue weighted by Crippen LogP contribution is -2.38. The van der Waals surface area contributed by atoms with Crippen molar-refractivity contribution in [3.63, 3.8) is 0 Å². The van der Waals surface area contributed by atoms with Crippen molar-refractivity contribution in [2.75, 3.05) is 11.4 Å². The van der Waals surface area contributed by atoms with Gasteiger partial charge in [-0.25, -0.2) is 9.97 Å². The molecule has 0 radical (unpaired) electrons. The highest BCUT2D eigenvalue weighted by molar-refractivity contribution is 5.64. The van der Waals surface area contributed by atoms with Gasteiger partial charge in [-0.3, -0.25) is 0 Å². The Kier molecular flexibility index (Phi) is 4.20. The Balaban J connectivity index is 2.09. The van der Waals surface area contributed by atoms with Crippen molar-refractivity contribution in [2.45, 2.75) is 32.2 Å². The normalized spacial score (nSPS) is 17.2. The molecule has 0 aliphatic carbocycles. The maximum Gasteiger partial charge on any atom is 0.138 e. The molecule has 0 bridgehead atoms. The number of aromatic nitrogens is 2. The average Bonchev–Trinajstić information content (AvgIpc) is 2.55. The summed E-state index contributed by atoms with van der Waals surface area (Å²) in [5, 5.41) is 0. The average molecular weight is 294 g/mol. The van der Waals surface area contributed by atoms with Gasteiger partial charge in [-0.05, 0) is 62.1 Å². The van der Waals surface area contributed by atoms with E-state index in [4.69, 9.17) is 10.7 Å². The first-order valence-electron chi connectivity index (χ1n) is 7.77. The first-order valence-corrected chi connectivity index (χ1v) is 7.77. The molecule has 2 aromatic rings. The van der Waals surface area contributed by atoms with Crippen LogP contribution in [0.3, 0.4) is 0 Å². The van der Waals surface area contributed by atoms with E-state index < -0.39 is 0 Å². The number of nitrogens with zero attached hydrogens (tertiary/aromatic N) is 3. The van der Waals surface area contributed by atoms with Crippen LogP contribution in [0.1, 0.15) is 29.7 Å². The number of anilines is 2. The molecule has 3 heterocycles. The Bertz CT molecular complexity index is 663. The van der Waals surface area contributed by atoms with Crippen molar-refractivity contribution in [1.82, 2.24) is 9.97 Å². The van der Waals surface area contributed by atoms with Crippen molar-refractivity contribution >= 4 is 17.7 Å². The number of hydrogen-bond donors (Lipinski definition) is 1. The van der Waals surface area contributed by atoms with Gasteiger partial charge in [-0.15, -0.1) is 0 Å². The lowest BCUT2D eigenvalue weighted by atomic mass is 9.96. The molecule has 0 saturated carbocycles. The molecule has 0 spiro atoms. The highest BCUT2D eigenvalue weighted by Crippen LogP contribution is 2.35. The second-order valence-corrected chi connectivity index (χ2v) is 5.76. The zero-order valence-corrected chi connectivity index (χ0v) is 13.0. The number of fused-ring (bicyclic) bond motifs is 1. The highest BCUT2D eigenvalue weighted by Gasteiger charge is 2.29. The van der Waals surface area contributed by atoms with Crippen molar-refractivity contribution in [3.05, 3.63) is 53.9 Å². The van der Waals surface area contributed by atoms with E-state index in [2.05, 4.69) is 34.7 Å². The summed E-state index contributed by atoms with van der Waals surface area (Å²) in [6, 6.07) is 8.68. The molecule has 2 N–H and O–H groups in total. The van der Waals surface area contributed by atoms with E-state index >= 15 is 0 Å². The van der Waals surface area contributed by atoms with Gasteiger partial charge in [0.25, 0.3) is 0 Å². The number of hydrogen-bond acceptors (Lipinski definition) is 4. The van der Waals surface area contributed by atoms with Crippen LogP contribution in [0.4, 0.5) is 11.6 Å². The summed E-state index contributed by atoms with van der Waals surface area (Å²) in [5.74, 6) is 1.94. The van der Waals surface area contributed by atoms with E-state index in [-0.39, 0.29) is 0 Å². The van der Waals surface area contributed by atoms with Crippen molar-refractivity contribution < 1.29 is 0 Å². The molecule has 0 saturated heterocycles. The molecule has 1 atom stereocenters. The first kappa shape index (κ1) is 14.7. The summed E-state index contributed by atoms with van der Waals surface area (Å²) < 4.78 is 0. The second-order valence-electron chi connectivity index (χ2n) is 5.76. The Morgan fingerprint density at radius 1 is 1.36 bits per heavy atom. The van der Waals surface area contributed by atoms with Crippen LogP contribution in [-0.2, 0) is 6.42 Å². The fraction of sp³-hybridized carbons (Fsp3) is 0.333. The van der Waals surface area contributed by atoms with E-state index in [0.717, 1.165) is 42.2 Å². The topological polar surface area (TPSA) is 55.0 Å². The predicted octanol–water partition coefficient (Wildman–Crippen LogP) is 3.23. The van der Waals surface area contributed by atoms with Gasteiger partial charge < -0.3 is 10.6 Å². The summed E-state index contributed by atoms with van der Waals surface area (Å²) in [6.45, 7) is 6.55. The summed E-state index contributed by atoms with van der Waals surface area (Å²) in [5.41, 5.74) is 9.13. The number of pyridine rings is 2. The Morgan fingerprint density at radius 2 is 2.23 bits per heavy atom. The third-order valence-electron chi connectivity index (χ3n) is 4.17. The Morgan fingerprint density at radius 3 is 2.91 bits per heavy atom. The van der Waals surface area contributed by atoms with Gasteiger partial charge in [0.1, 0.15) is 11.6 Å².